The molecule has 8 heteroatoms. The number of aromatic nitrogens is 2. The van der Waals surface area contributed by atoms with Crippen LogP contribution in [0.5, 0.6) is 0 Å². The van der Waals surface area contributed by atoms with Crippen LogP contribution in [0, 0.1) is 0 Å². The zero-order valence-electron chi connectivity index (χ0n) is 14.8. The molecule has 2 N–H and O–H groups in total. The van der Waals surface area contributed by atoms with Crippen molar-refractivity contribution in [1.29, 1.82) is 0 Å². The number of rotatable bonds is 5. The molecule has 1 aromatic heterocycles. The number of anilines is 1. The van der Waals surface area contributed by atoms with Gasteiger partial charge < -0.3 is 10.4 Å². The molecule has 0 bridgehead atoms. The van der Waals surface area contributed by atoms with E-state index in [2.05, 4.69) is 15.3 Å². The molecule has 2 aromatic carbocycles. The standard InChI is InChI=1S/C20H17ClF3N3O/c1-12(19(28)13-5-3-2-4-6-13)27-18-10-17(25-11-26-18)14-7-8-15(16(21)9-14)20(22,23)24/h2-12,19,28H,1H3,(H,25,26,27). The molecule has 0 fully saturated rings. The second-order valence-electron chi connectivity index (χ2n) is 6.27. The third-order valence-electron chi connectivity index (χ3n) is 4.23. The summed E-state index contributed by atoms with van der Waals surface area (Å²) in [6, 6.07) is 13.9. The molecule has 2 unspecified atom stereocenters. The fourth-order valence-electron chi connectivity index (χ4n) is 2.75. The van der Waals surface area contributed by atoms with Crippen molar-refractivity contribution in [3.05, 3.63) is 77.1 Å². The number of nitrogens with zero attached hydrogens (tertiary/aromatic N) is 2. The molecule has 0 saturated carbocycles. The first kappa shape index (κ1) is 20.1. The van der Waals surface area contributed by atoms with E-state index in [1.807, 2.05) is 30.3 Å². The van der Waals surface area contributed by atoms with Crippen molar-refractivity contribution >= 4 is 17.4 Å². The van der Waals surface area contributed by atoms with Crippen LogP contribution in [-0.2, 0) is 6.18 Å². The van der Waals surface area contributed by atoms with Gasteiger partial charge in [0.1, 0.15) is 12.1 Å². The quantitative estimate of drug-likeness (QED) is 0.598. The van der Waals surface area contributed by atoms with Crippen LogP contribution < -0.4 is 5.32 Å². The summed E-state index contributed by atoms with van der Waals surface area (Å²) in [6.45, 7) is 1.80. The van der Waals surface area contributed by atoms with Gasteiger partial charge in [-0.05, 0) is 24.6 Å². The van der Waals surface area contributed by atoms with Crippen molar-refractivity contribution in [3.8, 4) is 11.3 Å². The number of hydrogen-bond donors (Lipinski definition) is 2. The van der Waals surface area contributed by atoms with E-state index in [9.17, 15) is 18.3 Å². The maximum Gasteiger partial charge on any atom is 0.417 e. The van der Waals surface area contributed by atoms with Crippen molar-refractivity contribution in [2.45, 2.75) is 25.2 Å². The molecule has 3 rings (SSSR count). The van der Waals surface area contributed by atoms with Gasteiger partial charge in [0.05, 0.1) is 28.4 Å². The van der Waals surface area contributed by atoms with Crippen LogP contribution >= 0.6 is 11.6 Å². The number of benzene rings is 2. The number of halogens is 4. The lowest BCUT2D eigenvalue weighted by molar-refractivity contribution is -0.137. The van der Waals surface area contributed by atoms with Crippen molar-refractivity contribution in [2.24, 2.45) is 0 Å². The normalized spacial score (nSPS) is 13.8. The van der Waals surface area contributed by atoms with Gasteiger partial charge >= 0.3 is 6.18 Å². The first-order chi connectivity index (χ1) is 13.3. The molecule has 1 heterocycles. The van der Waals surface area contributed by atoms with E-state index in [0.29, 0.717) is 17.1 Å². The number of aliphatic hydroxyl groups is 1. The number of alkyl halides is 3. The van der Waals surface area contributed by atoms with Gasteiger partial charge in [-0.2, -0.15) is 13.2 Å². The lowest BCUT2D eigenvalue weighted by Crippen LogP contribution is -2.24. The lowest BCUT2D eigenvalue weighted by atomic mass is 10.0. The highest BCUT2D eigenvalue weighted by atomic mass is 35.5. The highest BCUT2D eigenvalue weighted by Crippen LogP contribution is 2.36. The summed E-state index contributed by atoms with van der Waals surface area (Å²) in [4.78, 5) is 8.21. The van der Waals surface area contributed by atoms with Gasteiger partial charge in [0.25, 0.3) is 0 Å². The molecule has 0 saturated heterocycles. The summed E-state index contributed by atoms with van der Waals surface area (Å²) in [5.41, 5.74) is 0.700. The van der Waals surface area contributed by atoms with Crippen LogP contribution in [-0.4, -0.2) is 21.1 Å². The van der Waals surface area contributed by atoms with E-state index in [1.54, 1.807) is 13.0 Å². The highest BCUT2D eigenvalue weighted by Gasteiger charge is 2.33. The van der Waals surface area contributed by atoms with Gasteiger partial charge in [-0.3, -0.25) is 0 Å². The van der Waals surface area contributed by atoms with Crippen LogP contribution in [0.15, 0.2) is 60.9 Å². The molecule has 0 aliphatic carbocycles. The predicted molar refractivity (Wildman–Crippen MR) is 102 cm³/mol. The first-order valence-electron chi connectivity index (χ1n) is 8.44. The van der Waals surface area contributed by atoms with Crippen molar-refractivity contribution in [3.63, 3.8) is 0 Å². The van der Waals surface area contributed by atoms with Crippen LogP contribution in [0.1, 0.15) is 24.2 Å². The summed E-state index contributed by atoms with van der Waals surface area (Å²) in [5.74, 6) is 0.434. The zero-order chi connectivity index (χ0) is 20.3. The SMILES string of the molecule is CC(Nc1cc(-c2ccc(C(F)(F)F)c(Cl)c2)ncn1)C(O)c1ccccc1. The minimum atomic E-state index is -4.52. The Morgan fingerprint density at radius 1 is 1.04 bits per heavy atom. The van der Waals surface area contributed by atoms with E-state index in [1.165, 1.54) is 18.5 Å². The topological polar surface area (TPSA) is 58.0 Å². The van der Waals surface area contributed by atoms with Crippen molar-refractivity contribution in [1.82, 2.24) is 9.97 Å². The molecule has 4 nitrogen and oxygen atoms in total. The summed E-state index contributed by atoms with van der Waals surface area (Å²) < 4.78 is 38.6. The molecule has 28 heavy (non-hydrogen) atoms. The molecule has 3 aromatic rings. The van der Waals surface area contributed by atoms with Crippen LogP contribution in [0.2, 0.25) is 5.02 Å². The molecular formula is C20H17ClF3N3O. The fraction of sp³-hybridized carbons (Fsp3) is 0.200. The smallest absolute Gasteiger partial charge is 0.386 e. The van der Waals surface area contributed by atoms with Gasteiger partial charge in [-0.1, -0.05) is 48.0 Å². The van der Waals surface area contributed by atoms with Crippen molar-refractivity contribution in [2.75, 3.05) is 5.32 Å². The number of nitrogens with one attached hydrogen (secondary N) is 1. The molecule has 2 atom stereocenters. The molecular weight excluding hydrogens is 391 g/mol. The second kappa shape index (κ2) is 8.16. The van der Waals surface area contributed by atoms with Gasteiger partial charge in [0, 0.05) is 11.6 Å². The summed E-state index contributed by atoms with van der Waals surface area (Å²) >= 11 is 5.79. The van der Waals surface area contributed by atoms with Gasteiger partial charge in [-0.25, -0.2) is 9.97 Å². The maximum atomic E-state index is 12.9. The highest BCUT2D eigenvalue weighted by molar-refractivity contribution is 6.31. The average molecular weight is 408 g/mol. The van der Waals surface area contributed by atoms with Gasteiger partial charge in [0.15, 0.2) is 0 Å². The molecule has 146 valence electrons. The third kappa shape index (κ3) is 4.61. The molecule has 0 spiro atoms. The summed E-state index contributed by atoms with van der Waals surface area (Å²) in [6.07, 6.45) is -3.98. The van der Waals surface area contributed by atoms with E-state index in [0.717, 1.165) is 11.6 Å². The number of hydrogen-bond acceptors (Lipinski definition) is 4. The molecule has 0 aliphatic heterocycles. The first-order valence-corrected chi connectivity index (χ1v) is 8.82. The maximum absolute atomic E-state index is 12.9. The minimum absolute atomic E-state index is 0.360. The largest absolute Gasteiger partial charge is 0.417 e. The summed E-state index contributed by atoms with van der Waals surface area (Å²) in [7, 11) is 0. The lowest BCUT2D eigenvalue weighted by Gasteiger charge is -2.21. The van der Waals surface area contributed by atoms with E-state index < -0.39 is 22.9 Å². The van der Waals surface area contributed by atoms with Crippen molar-refractivity contribution < 1.29 is 18.3 Å². The Morgan fingerprint density at radius 2 is 1.75 bits per heavy atom. The Labute approximate surface area is 165 Å². The number of aliphatic hydroxyl groups excluding tert-OH is 1. The van der Waals surface area contributed by atoms with Gasteiger partial charge in [-0.15, -0.1) is 0 Å². The van der Waals surface area contributed by atoms with E-state index >= 15 is 0 Å². The van der Waals surface area contributed by atoms with E-state index in [4.69, 9.17) is 11.6 Å². The Balaban J connectivity index is 1.80. The minimum Gasteiger partial charge on any atom is -0.386 e. The average Bonchev–Trinajstić information content (AvgIpc) is 2.67. The Hall–Kier alpha value is -2.64. The van der Waals surface area contributed by atoms with Crippen LogP contribution in [0.25, 0.3) is 11.3 Å². The second-order valence-corrected chi connectivity index (χ2v) is 6.68. The predicted octanol–water partition coefficient (Wildman–Crippen LogP) is 5.35. The van der Waals surface area contributed by atoms with Crippen LogP contribution in [0.4, 0.5) is 19.0 Å². The van der Waals surface area contributed by atoms with E-state index in [-0.39, 0.29) is 6.04 Å². The molecule has 0 aliphatic rings. The Morgan fingerprint density at radius 3 is 2.39 bits per heavy atom. The monoisotopic (exact) mass is 407 g/mol. The Bertz CT molecular complexity index is 951. The third-order valence-corrected chi connectivity index (χ3v) is 4.54. The molecule has 0 amide bonds. The fourth-order valence-corrected chi connectivity index (χ4v) is 3.04. The molecule has 0 radical (unpaired) electrons. The summed E-state index contributed by atoms with van der Waals surface area (Å²) in [5, 5.41) is 13.1. The van der Waals surface area contributed by atoms with Gasteiger partial charge in [0.2, 0.25) is 0 Å². The van der Waals surface area contributed by atoms with Crippen LogP contribution in [0.3, 0.4) is 0 Å². The zero-order valence-corrected chi connectivity index (χ0v) is 15.5. The Kier molecular flexibility index (Phi) is 5.86.